The first kappa shape index (κ1) is 89.4. The fourth-order valence-corrected chi connectivity index (χ4v) is 22.6. The summed E-state index contributed by atoms with van der Waals surface area (Å²) in [6, 6.07) is 60.1. The molecule has 0 nitrogen and oxygen atoms in total. The molecule has 602 valence electrons. The molecule has 1 atom stereocenters. The Balaban J connectivity index is 0.000000154. The quantitative estimate of drug-likeness (QED) is 0.0347. The number of benzene rings is 10. The minimum Gasteiger partial charge on any atom is -0.0654 e. The molecule has 0 spiro atoms. The Morgan fingerprint density at radius 3 is 1.08 bits per heavy atom. The Bertz CT molecular complexity index is 4690. The van der Waals surface area contributed by atoms with Gasteiger partial charge in [0.2, 0.25) is 0 Å². The molecular formula is C107H132Br6. The molecule has 113 heavy (non-hydrogen) atoms. The maximum Gasteiger partial charge on any atom is 0.0323 e. The number of hydrogen-bond donors (Lipinski definition) is 0. The fraction of sp³-hybridized carbons (Fsp3) is 0.477. The molecule has 0 bridgehead atoms. The highest BCUT2D eigenvalue weighted by Crippen LogP contribution is 2.61. The van der Waals surface area contributed by atoms with Crippen molar-refractivity contribution < 1.29 is 0 Å². The molecule has 1 unspecified atom stereocenters. The summed E-state index contributed by atoms with van der Waals surface area (Å²) in [6.07, 6.45) is 47.0. The van der Waals surface area contributed by atoms with Gasteiger partial charge in [0.15, 0.2) is 0 Å². The Labute approximate surface area is 735 Å². The van der Waals surface area contributed by atoms with E-state index in [-0.39, 0.29) is 21.7 Å². The van der Waals surface area contributed by atoms with Crippen LogP contribution >= 0.6 is 95.6 Å². The zero-order valence-corrected chi connectivity index (χ0v) is 80.5. The Morgan fingerprint density at radius 2 is 0.593 bits per heavy atom. The predicted octanol–water partition coefficient (Wildman–Crippen LogP) is 37.7. The summed E-state index contributed by atoms with van der Waals surface area (Å²) in [7, 11) is 0. The van der Waals surface area contributed by atoms with Gasteiger partial charge in [0.25, 0.3) is 0 Å². The third kappa shape index (κ3) is 20.4. The summed E-state index contributed by atoms with van der Waals surface area (Å²) in [5.74, 6) is 0. The molecule has 4 aliphatic carbocycles. The summed E-state index contributed by atoms with van der Waals surface area (Å²) in [6.45, 7) is 27.6. The van der Waals surface area contributed by atoms with Crippen molar-refractivity contribution in [2.24, 2.45) is 0 Å². The molecule has 0 aliphatic heterocycles. The maximum atomic E-state index is 3.96. The first-order chi connectivity index (χ1) is 54.6. The molecule has 0 aromatic heterocycles. The third-order valence-electron chi connectivity index (χ3n) is 26.5. The largest absolute Gasteiger partial charge is 0.0654 e. The van der Waals surface area contributed by atoms with Crippen molar-refractivity contribution >= 4 is 117 Å². The van der Waals surface area contributed by atoms with Gasteiger partial charge in [-0.3, -0.25) is 0 Å². The minimum atomic E-state index is 0.0949. The van der Waals surface area contributed by atoms with Crippen molar-refractivity contribution in [2.45, 2.75) is 329 Å². The highest BCUT2D eigenvalue weighted by molar-refractivity contribution is 9.13. The van der Waals surface area contributed by atoms with Crippen LogP contribution in [0.2, 0.25) is 0 Å². The first-order valence-corrected chi connectivity index (χ1v) is 49.3. The molecule has 6 heteroatoms. The number of rotatable bonds is 35. The lowest BCUT2D eigenvalue weighted by Gasteiger charge is -2.33. The second-order valence-electron chi connectivity index (χ2n) is 35.1. The van der Waals surface area contributed by atoms with E-state index in [2.05, 4.69) is 336 Å². The van der Waals surface area contributed by atoms with Crippen LogP contribution in [0.4, 0.5) is 0 Å². The van der Waals surface area contributed by atoms with E-state index in [1.54, 1.807) is 22.3 Å². The average molecular weight is 1900 g/mol. The summed E-state index contributed by atoms with van der Waals surface area (Å²) in [5.41, 5.74) is 29.8. The summed E-state index contributed by atoms with van der Waals surface area (Å²) in [4.78, 5) is 0. The van der Waals surface area contributed by atoms with Crippen LogP contribution < -0.4 is 0 Å². The zero-order chi connectivity index (χ0) is 80.5. The van der Waals surface area contributed by atoms with Gasteiger partial charge in [-0.1, -0.05) is 426 Å². The van der Waals surface area contributed by atoms with Gasteiger partial charge in [-0.05, 0) is 263 Å². The number of fused-ring (bicyclic) bond motifs is 16. The van der Waals surface area contributed by atoms with Crippen molar-refractivity contribution in [1.82, 2.24) is 0 Å². The molecule has 0 fully saturated rings. The van der Waals surface area contributed by atoms with E-state index in [0.29, 0.717) is 0 Å². The molecule has 10 aromatic rings. The lowest BCUT2D eigenvalue weighted by atomic mass is 9.70. The number of unbranched alkanes of at least 4 members (excludes halogenated alkanes) is 25. The number of hydrogen-bond acceptors (Lipinski definition) is 0. The van der Waals surface area contributed by atoms with Gasteiger partial charge in [0.05, 0.1) is 0 Å². The van der Waals surface area contributed by atoms with Crippen LogP contribution in [0.25, 0.3) is 66.1 Å². The summed E-state index contributed by atoms with van der Waals surface area (Å²) < 4.78 is 7.11. The molecule has 0 radical (unpaired) electrons. The van der Waals surface area contributed by atoms with Gasteiger partial charge in [0, 0.05) is 53.9 Å². The molecule has 0 heterocycles. The Morgan fingerprint density at radius 1 is 0.248 bits per heavy atom. The van der Waals surface area contributed by atoms with Gasteiger partial charge in [-0.15, -0.1) is 0 Å². The van der Waals surface area contributed by atoms with Crippen LogP contribution in [0.15, 0.2) is 185 Å². The fourth-order valence-electron chi connectivity index (χ4n) is 20.3. The zero-order valence-electron chi connectivity index (χ0n) is 71.0. The van der Waals surface area contributed by atoms with Crippen molar-refractivity contribution in [1.29, 1.82) is 0 Å². The van der Waals surface area contributed by atoms with E-state index in [9.17, 15) is 0 Å². The SMILES string of the molecule is CCCCCCCCC1(C)c2cc(C)ccc2-c2ccc(Br)cc21.CCCCCCCCC1(CCCCCCCC)c2cc(Br)c(Br)cc2-c2c1cc(C)c1cccc(Br)c21.CCCCCCCCC1(CCCCCCCC)c2cc(Br)ccc2-c2c1cc(C)c1ccccc21.Cc1ccc2c(c1)C(C)(C)c1cc(Br)ccc1-2. The van der Waals surface area contributed by atoms with Gasteiger partial charge < -0.3 is 0 Å². The Kier molecular flexibility index (Phi) is 33.2. The number of aryl methyl sites for hydroxylation is 4. The standard InChI is InChI=1S/C34H43Br3.C34H45Br.C23H29Br.C16H15Br/c1-4-6-8-10-12-14-19-34(20-15-13-11-9-7-5-2)27-23-31(37)30(36)22-26(27)32-28(34)21-24(3)25-17-16-18-29(35)33(25)32;1-4-6-8-10-12-16-22-34(23-17-13-11-9-7-5-2)31-25-27(35)20-21-30(31)33-29-19-15-14-18-28(29)26(3)24-32(33)34;1-4-5-6-7-8-9-14-23(3)21-15-17(2)10-12-19(21)20-13-11-18(24)16-22(20)23;1-10-4-6-12-13-7-5-11(17)9-15(13)16(2,3)14(12)8-10/h16-18,21-23H,4-15,19-20H2,1-3H3;14-15,18-21,24-25H,4-13,16-17,22-23H2,1-3H3;10-13,15-16H,4-9,14H2,1-3H3;4-9H,1-3H3. The van der Waals surface area contributed by atoms with E-state index >= 15 is 0 Å². The van der Waals surface area contributed by atoms with Gasteiger partial charge in [-0.25, -0.2) is 0 Å². The van der Waals surface area contributed by atoms with Crippen molar-refractivity contribution in [3.05, 3.63) is 251 Å². The lowest BCUT2D eigenvalue weighted by Crippen LogP contribution is -2.26. The van der Waals surface area contributed by atoms with Gasteiger partial charge in [0.1, 0.15) is 0 Å². The smallest absolute Gasteiger partial charge is 0.0323 e. The topological polar surface area (TPSA) is 0 Å². The van der Waals surface area contributed by atoms with Gasteiger partial charge in [-0.2, -0.15) is 0 Å². The van der Waals surface area contributed by atoms with E-state index in [4.69, 9.17) is 0 Å². The van der Waals surface area contributed by atoms with Crippen molar-refractivity contribution in [3.8, 4) is 44.5 Å². The lowest BCUT2D eigenvalue weighted by molar-refractivity contribution is 0.397. The van der Waals surface area contributed by atoms with Crippen LogP contribution in [0, 0.1) is 27.7 Å². The summed E-state index contributed by atoms with van der Waals surface area (Å²) >= 11 is 22.8. The number of halogens is 6. The van der Waals surface area contributed by atoms with Crippen LogP contribution in [0.3, 0.4) is 0 Å². The first-order valence-electron chi connectivity index (χ1n) is 44.5. The van der Waals surface area contributed by atoms with Crippen LogP contribution in [-0.4, -0.2) is 0 Å². The average Bonchev–Trinajstić information content (AvgIpc) is 1.55. The molecule has 0 N–H and O–H groups in total. The molecular weight excluding hydrogens is 1760 g/mol. The second kappa shape index (κ2) is 42.0. The minimum absolute atomic E-state index is 0.0949. The maximum absolute atomic E-state index is 3.96. The molecule has 4 aliphatic rings. The van der Waals surface area contributed by atoms with Crippen molar-refractivity contribution in [3.63, 3.8) is 0 Å². The molecule has 0 saturated heterocycles. The van der Waals surface area contributed by atoms with Gasteiger partial charge >= 0.3 is 0 Å². The van der Waals surface area contributed by atoms with E-state index < -0.39 is 0 Å². The molecule has 14 rings (SSSR count). The van der Waals surface area contributed by atoms with Crippen LogP contribution in [0.1, 0.15) is 347 Å². The van der Waals surface area contributed by atoms with E-state index in [1.807, 2.05) is 0 Å². The Hall–Kier alpha value is -4.40. The monoisotopic (exact) mass is 1890 g/mol. The molecule has 10 aromatic carbocycles. The molecule has 0 amide bonds. The third-order valence-corrected chi connectivity index (χ3v) is 30.5. The highest BCUT2D eigenvalue weighted by Gasteiger charge is 2.46. The van der Waals surface area contributed by atoms with Crippen LogP contribution in [-0.2, 0) is 21.7 Å². The van der Waals surface area contributed by atoms with E-state index in [0.717, 1.165) is 8.95 Å². The second-order valence-corrected chi connectivity index (χ2v) is 40.4. The highest BCUT2D eigenvalue weighted by atomic mass is 79.9. The molecule has 0 saturated carbocycles. The normalized spacial score (nSPS) is 15.1. The predicted molar refractivity (Wildman–Crippen MR) is 518 cm³/mol. The summed E-state index contributed by atoms with van der Waals surface area (Å²) in [5, 5.41) is 5.61. The van der Waals surface area contributed by atoms with Crippen LogP contribution in [0.5, 0.6) is 0 Å². The van der Waals surface area contributed by atoms with Crippen molar-refractivity contribution in [2.75, 3.05) is 0 Å². The van der Waals surface area contributed by atoms with E-state index in [1.165, 1.54) is 353 Å².